The molecule has 0 bridgehead atoms. The van der Waals surface area contributed by atoms with E-state index in [0.29, 0.717) is 26.5 Å². The number of aryl methyl sites for hydroxylation is 1. The Morgan fingerprint density at radius 2 is 1.90 bits per heavy atom. The van der Waals surface area contributed by atoms with Crippen molar-refractivity contribution < 1.29 is 9.53 Å². The molecule has 0 aromatic heterocycles. The summed E-state index contributed by atoms with van der Waals surface area (Å²) in [6, 6.07) is 8.93. The minimum absolute atomic E-state index is 0.238. The van der Waals surface area contributed by atoms with Crippen molar-refractivity contribution in [2.45, 2.75) is 6.92 Å². The highest BCUT2D eigenvalue weighted by Crippen LogP contribution is 2.36. The van der Waals surface area contributed by atoms with E-state index in [1.165, 1.54) is 7.11 Å². The summed E-state index contributed by atoms with van der Waals surface area (Å²) in [5, 5.41) is 3.32. The zero-order valence-corrected chi connectivity index (χ0v) is 15.3. The normalized spacial score (nSPS) is 10.3. The molecule has 0 aliphatic heterocycles. The van der Waals surface area contributed by atoms with Crippen LogP contribution in [0.1, 0.15) is 15.9 Å². The average molecular weight is 434 g/mol. The Hall–Kier alpha value is -1.04. The third-order valence-electron chi connectivity index (χ3n) is 2.83. The molecule has 110 valence electrons. The Labute approximate surface area is 144 Å². The van der Waals surface area contributed by atoms with E-state index in [1.807, 2.05) is 25.1 Å². The van der Waals surface area contributed by atoms with Gasteiger partial charge in [-0.05, 0) is 63.0 Å². The SMILES string of the molecule is COc1c(Br)cc(Cl)cc1NC(=O)c1cc(C)ccc1Br. The third-order valence-corrected chi connectivity index (χ3v) is 4.33. The van der Waals surface area contributed by atoms with Gasteiger partial charge < -0.3 is 10.1 Å². The minimum atomic E-state index is -0.238. The molecule has 2 aromatic rings. The summed E-state index contributed by atoms with van der Waals surface area (Å²) in [5.74, 6) is 0.287. The van der Waals surface area contributed by atoms with E-state index in [4.69, 9.17) is 16.3 Å². The lowest BCUT2D eigenvalue weighted by Crippen LogP contribution is -2.13. The number of halogens is 3. The lowest BCUT2D eigenvalue weighted by molar-refractivity contribution is 0.102. The predicted molar refractivity (Wildman–Crippen MR) is 92.5 cm³/mol. The number of amides is 1. The first-order valence-electron chi connectivity index (χ1n) is 6.03. The number of anilines is 1. The van der Waals surface area contributed by atoms with Crippen molar-refractivity contribution in [3.05, 3.63) is 55.4 Å². The average Bonchev–Trinajstić information content (AvgIpc) is 2.41. The zero-order chi connectivity index (χ0) is 15.6. The molecule has 0 unspecified atom stereocenters. The van der Waals surface area contributed by atoms with Gasteiger partial charge in [-0.15, -0.1) is 0 Å². The molecular weight excluding hydrogens is 421 g/mol. The quantitative estimate of drug-likeness (QED) is 0.701. The van der Waals surface area contributed by atoms with Gasteiger partial charge in [0.05, 0.1) is 22.8 Å². The molecule has 3 nitrogen and oxygen atoms in total. The molecule has 0 spiro atoms. The van der Waals surface area contributed by atoms with Crippen molar-refractivity contribution in [1.29, 1.82) is 0 Å². The first-order valence-corrected chi connectivity index (χ1v) is 7.99. The molecule has 2 rings (SSSR count). The van der Waals surface area contributed by atoms with Crippen LogP contribution in [0.3, 0.4) is 0 Å². The fraction of sp³-hybridized carbons (Fsp3) is 0.133. The first-order chi connectivity index (χ1) is 9.92. The molecule has 0 radical (unpaired) electrons. The van der Waals surface area contributed by atoms with Crippen LogP contribution < -0.4 is 10.1 Å². The molecule has 1 amide bonds. The van der Waals surface area contributed by atoms with Gasteiger partial charge in [0.15, 0.2) is 5.75 Å². The standard InChI is InChI=1S/C15H12Br2ClNO2/c1-8-3-4-11(16)10(5-8)15(20)19-13-7-9(18)6-12(17)14(13)21-2/h3-7H,1-2H3,(H,19,20). The molecule has 1 N–H and O–H groups in total. The number of hydrogen-bond acceptors (Lipinski definition) is 2. The monoisotopic (exact) mass is 431 g/mol. The molecule has 0 saturated carbocycles. The summed E-state index contributed by atoms with van der Waals surface area (Å²) in [5.41, 5.74) is 2.06. The van der Waals surface area contributed by atoms with E-state index in [9.17, 15) is 4.79 Å². The topological polar surface area (TPSA) is 38.3 Å². The predicted octanol–water partition coefficient (Wildman–Crippen LogP) is 5.43. The van der Waals surface area contributed by atoms with Gasteiger partial charge in [-0.25, -0.2) is 0 Å². The summed E-state index contributed by atoms with van der Waals surface area (Å²) >= 11 is 12.8. The van der Waals surface area contributed by atoms with E-state index in [-0.39, 0.29) is 5.91 Å². The van der Waals surface area contributed by atoms with Crippen molar-refractivity contribution in [3.63, 3.8) is 0 Å². The highest BCUT2D eigenvalue weighted by Gasteiger charge is 2.15. The van der Waals surface area contributed by atoms with E-state index < -0.39 is 0 Å². The van der Waals surface area contributed by atoms with Gasteiger partial charge >= 0.3 is 0 Å². The second-order valence-corrected chi connectivity index (χ2v) is 6.55. The number of benzene rings is 2. The second kappa shape index (κ2) is 6.81. The molecular formula is C15H12Br2ClNO2. The number of methoxy groups -OCH3 is 1. The fourth-order valence-corrected chi connectivity index (χ4v) is 3.26. The number of carbonyl (C=O) groups excluding carboxylic acids is 1. The van der Waals surface area contributed by atoms with Gasteiger partial charge in [0.2, 0.25) is 0 Å². The van der Waals surface area contributed by atoms with Crippen LogP contribution in [0, 0.1) is 6.92 Å². The van der Waals surface area contributed by atoms with Crippen LogP contribution in [0.15, 0.2) is 39.3 Å². The molecule has 0 heterocycles. The molecule has 0 aliphatic rings. The Bertz CT molecular complexity index is 704. The molecule has 0 saturated heterocycles. The van der Waals surface area contributed by atoms with E-state index in [2.05, 4.69) is 37.2 Å². The van der Waals surface area contributed by atoms with Gasteiger partial charge in [0, 0.05) is 9.50 Å². The Kier molecular flexibility index (Phi) is 5.30. The second-order valence-electron chi connectivity index (χ2n) is 4.41. The van der Waals surface area contributed by atoms with Gasteiger partial charge in [-0.3, -0.25) is 4.79 Å². The summed E-state index contributed by atoms with van der Waals surface area (Å²) < 4.78 is 6.69. The number of hydrogen-bond donors (Lipinski definition) is 1. The van der Waals surface area contributed by atoms with E-state index >= 15 is 0 Å². The highest BCUT2D eigenvalue weighted by atomic mass is 79.9. The van der Waals surface area contributed by atoms with Gasteiger partial charge in [0.1, 0.15) is 0 Å². The van der Waals surface area contributed by atoms with Crippen LogP contribution in [0.2, 0.25) is 5.02 Å². The lowest BCUT2D eigenvalue weighted by Gasteiger charge is -2.13. The van der Waals surface area contributed by atoms with Crippen LogP contribution in [0.25, 0.3) is 0 Å². The Morgan fingerprint density at radius 3 is 2.57 bits per heavy atom. The fourth-order valence-electron chi connectivity index (χ4n) is 1.86. The van der Waals surface area contributed by atoms with Crippen LogP contribution in [-0.2, 0) is 0 Å². The molecule has 0 aliphatic carbocycles. The van der Waals surface area contributed by atoms with Gasteiger partial charge in [-0.2, -0.15) is 0 Å². The van der Waals surface area contributed by atoms with Gasteiger partial charge in [0.25, 0.3) is 5.91 Å². The van der Waals surface area contributed by atoms with Crippen LogP contribution >= 0.6 is 43.5 Å². The smallest absolute Gasteiger partial charge is 0.256 e. The minimum Gasteiger partial charge on any atom is -0.493 e. The molecule has 0 fully saturated rings. The van der Waals surface area contributed by atoms with E-state index in [1.54, 1.807) is 12.1 Å². The summed E-state index contributed by atoms with van der Waals surface area (Å²) in [7, 11) is 1.53. The van der Waals surface area contributed by atoms with Crippen LogP contribution in [-0.4, -0.2) is 13.0 Å². The number of ether oxygens (including phenoxy) is 1. The Balaban J connectivity index is 2.38. The highest BCUT2D eigenvalue weighted by molar-refractivity contribution is 9.10. The molecule has 21 heavy (non-hydrogen) atoms. The third kappa shape index (κ3) is 3.78. The molecule has 2 aromatic carbocycles. The van der Waals surface area contributed by atoms with Crippen molar-refractivity contribution in [3.8, 4) is 5.75 Å². The first kappa shape index (κ1) is 16.3. The summed E-state index contributed by atoms with van der Waals surface area (Å²) in [6.07, 6.45) is 0. The molecule has 0 atom stereocenters. The summed E-state index contributed by atoms with van der Waals surface area (Å²) in [6.45, 7) is 1.93. The maximum absolute atomic E-state index is 12.4. The largest absolute Gasteiger partial charge is 0.493 e. The maximum Gasteiger partial charge on any atom is 0.256 e. The van der Waals surface area contributed by atoms with Crippen molar-refractivity contribution in [2.24, 2.45) is 0 Å². The van der Waals surface area contributed by atoms with Gasteiger partial charge in [-0.1, -0.05) is 23.2 Å². The number of rotatable bonds is 3. The number of carbonyl (C=O) groups is 1. The van der Waals surface area contributed by atoms with Crippen molar-refractivity contribution in [1.82, 2.24) is 0 Å². The van der Waals surface area contributed by atoms with Crippen molar-refractivity contribution in [2.75, 3.05) is 12.4 Å². The summed E-state index contributed by atoms with van der Waals surface area (Å²) in [4.78, 5) is 12.4. The van der Waals surface area contributed by atoms with Crippen molar-refractivity contribution >= 4 is 55.1 Å². The van der Waals surface area contributed by atoms with E-state index in [0.717, 1.165) is 10.0 Å². The Morgan fingerprint density at radius 1 is 1.19 bits per heavy atom. The van der Waals surface area contributed by atoms with Crippen LogP contribution in [0.4, 0.5) is 5.69 Å². The lowest BCUT2D eigenvalue weighted by atomic mass is 10.1. The maximum atomic E-state index is 12.4. The zero-order valence-electron chi connectivity index (χ0n) is 11.3. The number of nitrogens with one attached hydrogen (secondary N) is 1. The molecule has 6 heteroatoms. The van der Waals surface area contributed by atoms with Crippen LogP contribution in [0.5, 0.6) is 5.75 Å².